The van der Waals surface area contributed by atoms with Gasteiger partial charge in [0.05, 0.1) is 6.04 Å². The molecule has 0 saturated heterocycles. The molecule has 1 amide bonds. The van der Waals surface area contributed by atoms with Gasteiger partial charge in [0.1, 0.15) is 5.82 Å². The van der Waals surface area contributed by atoms with Crippen LogP contribution in [0, 0.1) is 12.7 Å². The molecule has 0 radical (unpaired) electrons. The third-order valence-corrected chi connectivity index (χ3v) is 1.87. The van der Waals surface area contributed by atoms with Gasteiger partial charge in [-0.15, -0.1) is 12.4 Å². The van der Waals surface area contributed by atoms with Crippen molar-refractivity contribution in [2.75, 3.05) is 5.32 Å². The van der Waals surface area contributed by atoms with Crippen LogP contribution < -0.4 is 11.1 Å². The van der Waals surface area contributed by atoms with Gasteiger partial charge in [0.15, 0.2) is 0 Å². The lowest BCUT2D eigenvalue weighted by Crippen LogP contribution is -2.32. The van der Waals surface area contributed by atoms with E-state index in [9.17, 15) is 9.18 Å². The summed E-state index contributed by atoms with van der Waals surface area (Å²) in [6, 6.07) is 3.62. The highest BCUT2D eigenvalue weighted by Gasteiger charge is 2.09. The van der Waals surface area contributed by atoms with Crippen LogP contribution in [0.25, 0.3) is 0 Å². The van der Waals surface area contributed by atoms with E-state index >= 15 is 0 Å². The molecular weight excluding hydrogens is 219 g/mol. The molecule has 3 nitrogen and oxygen atoms in total. The first-order valence-electron chi connectivity index (χ1n) is 4.33. The first-order chi connectivity index (χ1) is 6.50. The second-order valence-electron chi connectivity index (χ2n) is 3.24. The number of anilines is 1. The van der Waals surface area contributed by atoms with E-state index in [1.165, 1.54) is 12.1 Å². The third-order valence-electron chi connectivity index (χ3n) is 1.87. The van der Waals surface area contributed by atoms with E-state index in [0.717, 1.165) is 5.56 Å². The molecule has 0 fully saturated rings. The second-order valence-corrected chi connectivity index (χ2v) is 3.24. The lowest BCUT2D eigenvalue weighted by atomic mass is 10.2. The summed E-state index contributed by atoms with van der Waals surface area (Å²) in [5.74, 6) is -0.700. The minimum absolute atomic E-state index is 0. The van der Waals surface area contributed by atoms with Crippen molar-refractivity contribution < 1.29 is 9.18 Å². The molecule has 1 aromatic carbocycles. The maximum atomic E-state index is 12.8. The normalized spacial score (nSPS) is 11.5. The monoisotopic (exact) mass is 232 g/mol. The van der Waals surface area contributed by atoms with Gasteiger partial charge < -0.3 is 11.1 Å². The second kappa shape index (κ2) is 5.68. The third kappa shape index (κ3) is 3.85. The average molecular weight is 233 g/mol. The molecular formula is C10H14ClFN2O. The fourth-order valence-electron chi connectivity index (χ4n) is 0.975. The Kier molecular flexibility index (Phi) is 5.25. The molecule has 3 N–H and O–H groups in total. The van der Waals surface area contributed by atoms with Gasteiger partial charge in [0.25, 0.3) is 0 Å². The molecule has 1 rings (SSSR count). The summed E-state index contributed by atoms with van der Waals surface area (Å²) in [4.78, 5) is 11.2. The van der Waals surface area contributed by atoms with Gasteiger partial charge in [-0.2, -0.15) is 0 Å². The van der Waals surface area contributed by atoms with Gasteiger partial charge in [0, 0.05) is 5.69 Å². The number of hydrogen-bond donors (Lipinski definition) is 2. The van der Waals surface area contributed by atoms with Crippen molar-refractivity contribution in [1.29, 1.82) is 0 Å². The molecule has 0 aromatic heterocycles. The van der Waals surface area contributed by atoms with Crippen LogP contribution in [-0.4, -0.2) is 11.9 Å². The zero-order chi connectivity index (χ0) is 10.7. The number of carbonyl (C=O) groups excluding carboxylic acids is 1. The Morgan fingerprint density at radius 3 is 2.67 bits per heavy atom. The summed E-state index contributed by atoms with van der Waals surface area (Å²) >= 11 is 0. The number of benzene rings is 1. The van der Waals surface area contributed by atoms with Gasteiger partial charge in [-0.25, -0.2) is 4.39 Å². The molecule has 5 heteroatoms. The number of halogens is 2. The summed E-state index contributed by atoms with van der Waals surface area (Å²) < 4.78 is 12.8. The van der Waals surface area contributed by atoms with Crippen molar-refractivity contribution in [1.82, 2.24) is 0 Å². The van der Waals surface area contributed by atoms with Gasteiger partial charge in [-0.3, -0.25) is 4.79 Å². The Morgan fingerprint density at radius 1 is 1.53 bits per heavy atom. The van der Waals surface area contributed by atoms with Crippen molar-refractivity contribution in [3.05, 3.63) is 29.6 Å². The lowest BCUT2D eigenvalue weighted by Gasteiger charge is -2.10. The molecule has 15 heavy (non-hydrogen) atoms. The topological polar surface area (TPSA) is 55.1 Å². The summed E-state index contributed by atoms with van der Waals surface area (Å²) in [5, 5.41) is 2.55. The van der Waals surface area contributed by atoms with Crippen LogP contribution in [0.5, 0.6) is 0 Å². The zero-order valence-electron chi connectivity index (χ0n) is 8.58. The van der Waals surface area contributed by atoms with Crippen molar-refractivity contribution in [3.8, 4) is 0 Å². The largest absolute Gasteiger partial charge is 0.324 e. The highest BCUT2D eigenvalue weighted by Crippen LogP contribution is 2.15. The molecule has 0 saturated carbocycles. The van der Waals surface area contributed by atoms with E-state index in [1.807, 2.05) is 0 Å². The van der Waals surface area contributed by atoms with Gasteiger partial charge >= 0.3 is 0 Å². The Morgan fingerprint density at radius 2 is 2.13 bits per heavy atom. The van der Waals surface area contributed by atoms with Crippen LogP contribution in [-0.2, 0) is 4.79 Å². The molecule has 84 valence electrons. The summed E-state index contributed by atoms with van der Waals surface area (Å²) in [6.07, 6.45) is 0. The minimum atomic E-state index is -0.599. The van der Waals surface area contributed by atoms with Crippen LogP contribution >= 0.6 is 12.4 Å². The minimum Gasteiger partial charge on any atom is -0.324 e. The number of carbonyl (C=O) groups is 1. The van der Waals surface area contributed by atoms with Gasteiger partial charge in [0.2, 0.25) is 5.91 Å². The smallest absolute Gasteiger partial charge is 0.241 e. The van der Waals surface area contributed by atoms with E-state index in [0.29, 0.717) is 5.69 Å². The number of rotatable bonds is 2. The highest BCUT2D eigenvalue weighted by molar-refractivity contribution is 5.94. The molecule has 0 bridgehead atoms. The van der Waals surface area contributed by atoms with E-state index in [-0.39, 0.29) is 24.1 Å². The van der Waals surface area contributed by atoms with Gasteiger partial charge in [-0.05, 0) is 31.5 Å². The molecule has 0 aliphatic rings. The number of aryl methyl sites for hydroxylation is 1. The van der Waals surface area contributed by atoms with E-state index < -0.39 is 6.04 Å². The Hall–Kier alpha value is -1.13. The molecule has 0 aliphatic heterocycles. The van der Waals surface area contributed by atoms with Crippen LogP contribution in [0.15, 0.2) is 18.2 Å². The standard InChI is InChI=1S/C10H13FN2O.ClH/c1-6-3-4-8(11)5-9(6)13-10(14)7(2)12;/h3-5,7H,12H2,1-2H3,(H,13,14);1H. The van der Waals surface area contributed by atoms with Crippen LogP contribution in [0.2, 0.25) is 0 Å². The molecule has 1 aromatic rings. The predicted molar refractivity (Wildman–Crippen MR) is 60.7 cm³/mol. The molecule has 0 aliphatic carbocycles. The Bertz CT molecular complexity index is 355. The van der Waals surface area contributed by atoms with E-state index in [1.54, 1.807) is 19.9 Å². The number of hydrogen-bond acceptors (Lipinski definition) is 2. The molecule has 0 heterocycles. The Labute approximate surface area is 94.3 Å². The summed E-state index contributed by atoms with van der Waals surface area (Å²) in [6.45, 7) is 3.36. The van der Waals surface area contributed by atoms with Crippen molar-refractivity contribution in [3.63, 3.8) is 0 Å². The maximum absolute atomic E-state index is 12.8. The van der Waals surface area contributed by atoms with Crippen molar-refractivity contribution >= 4 is 24.0 Å². The van der Waals surface area contributed by atoms with Gasteiger partial charge in [-0.1, -0.05) is 6.07 Å². The first-order valence-corrected chi connectivity index (χ1v) is 4.33. The summed E-state index contributed by atoms with van der Waals surface area (Å²) in [7, 11) is 0. The fourth-order valence-corrected chi connectivity index (χ4v) is 0.975. The van der Waals surface area contributed by atoms with E-state index in [4.69, 9.17) is 5.73 Å². The SMILES string of the molecule is Cc1ccc(F)cc1NC(=O)C(C)N.Cl. The summed E-state index contributed by atoms with van der Waals surface area (Å²) in [5.41, 5.74) is 6.64. The predicted octanol–water partition coefficient (Wildman–Crippen LogP) is 1.84. The molecule has 1 unspecified atom stereocenters. The first kappa shape index (κ1) is 13.9. The number of amides is 1. The zero-order valence-corrected chi connectivity index (χ0v) is 9.40. The average Bonchev–Trinajstić information content (AvgIpc) is 2.11. The molecule has 1 atom stereocenters. The number of nitrogens with one attached hydrogen (secondary N) is 1. The quantitative estimate of drug-likeness (QED) is 0.818. The fraction of sp³-hybridized carbons (Fsp3) is 0.300. The maximum Gasteiger partial charge on any atom is 0.241 e. The van der Waals surface area contributed by atoms with E-state index in [2.05, 4.69) is 5.32 Å². The molecule has 0 spiro atoms. The Balaban J connectivity index is 0.00000196. The lowest BCUT2D eigenvalue weighted by molar-refractivity contribution is -0.117. The highest BCUT2D eigenvalue weighted by atomic mass is 35.5. The van der Waals surface area contributed by atoms with Crippen LogP contribution in [0.4, 0.5) is 10.1 Å². The van der Waals surface area contributed by atoms with Crippen molar-refractivity contribution in [2.24, 2.45) is 5.73 Å². The number of nitrogens with two attached hydrogens (primary N) is 1. The van der Waals surface area contributed by atoms with Crippen LogP contribution in [0.3, 0.4) is 0 Å². The van der Waals surface area contributed by atoms with Crippen LogP contribution in [0.1, 0.15) is 12.5 Å². The van der Waals surface area contributed by atoms with Crippen molar-refractivity contribution in [2.45, 2.75) is 19.9 Å².